The molecule has 2 saturated heterocycles. The Hall–Kier alpha value is -1.88. The molecule has 10 heteroatoms. The number of carbonyl (C=O) groups is 1. The zero-order valence-corrected chi connectivity index (χ0v) is 15.6. The second-order valence-electron chi connectivity index (χ2n) is 6.78. The smallest absolute Gasteiger partial charge is 0.389 e. The monoisotopic (exact) mass is 403 g/mol. The van der Waals surface area contributed by atoms with Gasteiger partial charge in [-0.2, -0.15) is 13.2 Å². The van der Waals surface area contributed by atoms with Crippen LogP contribution in [0.25, 0.3) is 0 Å². The van der Waals surface area contributed by atoms with Gasteiger partial charge in [-0.15, -0.1) is 0 Å². The summed E-state index contributed by atoms with van der Waals surface area (Å²) < 4.78 is 49.8. The predicted molar refractivity (Wildman–Crippen MR) is 94.7 cm³/mol. The Kier molecular flexibility index (Phi) is 6.13. The summed E-state index contributed by atoms with van der Waals surface area (Å²) in [6.45, 7) is 5.43. The van der Waals surface area contributed by atoms with E-state index in [1.807, 2.05) is 18.7 Å². The molecule has 5 atom stereocenters. The molecule has 156 valence electrons. The van der Waals surface area contributed by atoms with E-state index in [4.69, 9.17) is 9.47 Å². The van der Waals surface area contributed by atoms with Crippen LogP contribution >= 0.6 is 0 Å². The highest BCUT2D eigenvalue weighted by atomic mass is 19.4. The van der Waals surface area contributed by atoms with Gasteiger partial charge in [0, 0.05) is 5.69 Å². The van der Waals surface area contributed by atoms with Crippen LogP contribution in [-0.4, -0.2) is 66.3 Å². The molecule has 5 unspecified atom stereocenters. The van der Waals surface area contributed by atoms with Crippen LogP contribution in [0.15, 0.2) is 24.3 Å². The second-order valence-corrected chi connectivity index (χ2v) is 6.78. The number of aliphatic hydroxyl groups is 1. The highest BCUT2D eigenvalue weighted by molar-refractivity contribution is 5.89. The third kappa shape index (κ3) is 4.24. The number of ether oxygens (including phenoxy) is 2. The standard InChI is InChI=1S/C18H24F3N3O4/c1-3-24(4-2)14-15(25)13(12-9-27-16(14)28-12)23-17(26)22-11-7-5-6-10(8-11)18(19,20)21/h5-8,12-16,25H,3-4,9H2,1-2H3,(H2,22,23,26). The maximum atomic E-state index is 12.8. The number of nitrogens with one attached hydrogen (secondary N) is 2. The number of nitrogens with zero attached hydrogens (tertiary/aromatic N) is 1. The van der Waals surface area contributed by atoms with Crippen molar-refractivity contribution in [3.8, 4) is 0 Å². The number of hydrogen-bond acceptors (Lipinski definition) is 5. The van der Waals surface area contributed by atoms with Crippen molar-refractivity contribution < 1.29 is 32.5 Å². The Labute approximate surface area is 160 Å². The second kappa shape index (κ2) is 8.24. The van der Waals surface area contributed by atoms with Crippen molar-refractivity contribution in [2.75, 3.05) is 25.0 Å². The molecular formula is C18H24F3N3O4. The molecule has 2 aliphatic rings. The van der Waals surface area contributed by atoms with Crippen molar-refractivity contribution in [3.63, 3.8) is 0 Å². The average Bonchev–Trinajstić information content (AvgIpc) is 3.07. The zero-order valence-electron chi connectivity index (χ0n) is 15.6. The highest BCUT2D eigenvalue weighted by Crippen LogP contribution is 2.32. The number of rotatable bonds is 5. The van der Waals surface area contributed by atoms with Crippen molar-refractivity contribution in [1.82, 2.24) is 10.2 Å². The molecule has 2 bridgehead atoms. The lowest BCUT2D eigenvalue weighted by molar-refractivity contribution is -0.179. The lowest BCUT2D eigenvalue weighted by Crippen LogP contribution is -2.65. The normalized spacial score (nSPS) is 29.8. The van der Waals surface area contributed by atoms with Gasteiger partial charge in [-0.3, -0.25) is 4.90 Å². The fourth-order valence-corrected chi connectivity index (χ4v) is 3.70. The van der Waals surface area contributed by atoms with E-state index in [1.165, 1.54) is 12.1 Å². The van der Waals surface area contributed by atoms with E-state index in [9.17, 15) is 23.1 Å². The van der Waals surface area contributed by atoms with Gasteiger partial charge in [0.15, 0.2) is 6.29 Å². The Bertz CT molecular complexity index is 697. The molecular weight excluding hydrogens is 379 g/mol. The van der Waals surface area contributed by atoms with E-state index in [0.717, 1.165) is 12.1 Å². The molecule has 2 fully saturated rings. The minimum atomic E-state index is -4.51. The Morgan fingerprint density at radius 2 is 2.04 bits per heavy atom. The van der Waals surface area contributed by atoms with E-state index in [2.05, 4.69) is 10.6 Å². The number of halogens is 3. The summed E-state index contributed by atoms with van der Waals surface area (Å²) in [6, 6.07) is 2.41. The van der Waals surface area contributed by atoms with Crippen LogP contribution < -0.4 is 10.6 Å². The molecule has 0 aromatic heterocycles. The van der Waals surface area contributed by atoms with Gasteiger partial charge in [0.2, 0.25) is 0 Å². The van der Waals surface area contributed by atoms with Gasteiger partial charge in [0.05, 0.1) is 30.4 Å². The van der Waals surface area contributed by atoms with Crippen LogP contribution in [0.4, 0.5) is 23.7 Å². The summed E-state index contributed by atoms with van der Waals surface area (Å²) in [4.78, 5) is 14.3. The van der Waals surface area contributed by atoms with Crippen molar-refractivity contribution in [2.24, 2.45) is 0 Å². The molecule has 7 nitrogen and oxygen atoms in total. The maximum absolute atomic E-state index is 12.8. The van der Waals surface area contributed by atoms with Crippen molar-refractivity contribution in [3.05, 3.63) is 29.8 Å². The summed E-state index contributed by atoms with van der Waals surface area (Å²) in [5.41, 5.74) is -0.862. The van der Waals surface area contributed by atoms with Gasteiger partial charge >= 0.3 is 12.2 Å². The average molecular weight is 403 g/mol. The number of aliphatic hydroxyl groups excluding tert-OH is 1. The predicted octanol–water partition coefficient (Wildman–Crippen LogP) is 2.02. The summed E-state index contributed by atoms with van der Waals surface area (Å²) in [7, 11) is 0. The van der Waals surface area contributed by atoms with Crippen LogP contribution in [0.5, 0.6) is 0 Å². The zero-order chi connectivity index (χ0) is 20.5. The number of benzene rings is 1. The Morgan fingerprint density at radius 1 is 1.32 bits per heavy atom. The number of alkyl halides is 3. The number of fused-ring (bicyclic) bond motifs is 2. The van der Waals surface area contributed by atoms with E-state index < -0.39 is 48.4 Å². The summed E-state index contributed by atoms with van der Waals surface area (Å²) in [5.74, 6) is 0. The van der Waals surface area contributed by atoms with Gasteiger partial charge in [0.25, 0.3) is 0 Å². The van der Waals surface area contributed by atoms with Crippen molar-refractivity contribution in [2.45, 2.75) is 50.6 Å². The molecule has 3 rings (SSSR count). The van der Waals surface area contributed by atoms with Crippen LogP contribution in [0.1, 0.15) is 19.4 Å². The summed E-state index contributed by atoms with van der Waals surface area (Å²) >= 11 is 0. The van der Waals surface area contributed by atoms with Crippen molar-refractivity contribution >= 4 is 11.7 Å². The molecule has 2 amide bonds. The summed E-state index contributed by atoms with van der Waals surface area (Å²) in [6.07, 6.45) is -6.56. The fourth-order valence-electron chi connectivity index (χ4n) is 3.70. The fraction of sp³-hybridized carbons (Fsp3) is 0.611. The van der Waals surface area contributed by atoms with Crippen LogP contribution in [0.2, 0.25) is 0 Å². The van der Waals surface area contributed by atoms with Gasteiger partial charge in [-0.25, -0.2) is 4.79 Å². The SMILES string of the molecule is CCN(CC)C1C2OCC(O2)C(NC(=O)Nc2cccc(C(F)(F)F)c2)C1O. The first-order valence-corrected chi connectivity index (χ1v) is 9.18. The van der Waals surface area contributed by atoms with Crippen molar-refractivity contribution in [1.29, 1.82) is 0 Å². The van der Waals surface area contributed by atoms with Gasteiger partial charge in [-0.1, -0.05) is 19.9 Å². The number of carbonyl (C=O) groups excluding carboxylic acids is 1. The number of anilines is 1. The first kappa shape index (κ1) is 20.8. The first-order chi connectivity index (χ1) is 13.2. The van der Waals surface area contributed by atoms with Gasteiger partial charge in [0.1, 0.15) is 6.10 Å². The Balaban J connectivity index is 1.69. The van der Waals surface area contributed by atoms with Gasteiger partial charge in [-0.05, 0) is 31.3 Å². The molecule has 2 aliphatic heterocycles. The molecule has 0 saturated carbocycles. The highest BCUT2D eigenvalue weighted by Gasteiger charge is 2.52. The quantitative estimate of drug-likeness (QED) is 0.701. The number of amides is 2. The lowest BCUT2D eigenvalue weighted by Gasteiger charge is -2.43. The molecule has 0 aliphatic carbocycles. The van der Waals surface area contributed by atoms with Crippen LogP contribution in [0.3, 0.4) is 0 Å². The molecule has 1 aromatic rings. The molecule has 0 radical (unpaired) electrons. The van der Waals surface area contributed by atoms with E-state index in [1.54, 1.807) is 0 Å². The van der Waals surface area contributed by atoms with Crippen LogP contribution in [-0.2, 0) is 15.7 Å². The molecule has 3 N–H and O–H groups in total. The molecule has 1 aromatic carbocycles. The molecule has 0 spiro atoms. The maximum Gasteiger partial charge on any atom is 0.416 e. The van der Waals surface area contributed by atoms with Crippen LogP contribution in [0, 0.1) is 0 Å². The van der Waals surface area contributed by atoms with E-state index >= 15 is 0 Å². The number of likely N-dealkylation sites (N-methyl/N-ethyl adjacent to an activating group) is 1. The van der Waals surface area contributed by atoms with E-state index in [-0.39, 0.29) is 12.3 Å². The molecule has 2 heterocycles. The first-order valence-electron chi connectivity index (χ1n) is 9.18. The molecule has 28 heavy (non-hydrogen) atoms. The summed E-state index contributed by atoms with van der Waals surface area (Å²) in [5, 5.41) is 15.8. The van der Waals surface area contributed by atoms with E-state index in [0.29, 0.717) is 13.1 Å². The third-order valence-corrected chi connectivity index (χ3v) is 5.11. The minimum absolute atomic E-state index is 0.000570. The van der Waals surface area contributed by atoms with Gasteiger partial charge < -0.3 is 25.2 Å². The topological polar surface area (TPSA) is 83.1 Å². The number of urea groups is 1. The minimum Gasteiger partial charge on any atom is -0.389 e. The largest absolute Gasteiger partial charge is 0.416 e. The third-order valence-electron chi connectivity index (χ3n) is 5.11. The Morgan fingerprint density at radius 3 is 2.68 bits per heavy atom. The number of hydrogen-bond donors (Lipinski definition) is 3. The lowest BCUT2D eigenvalue weighted by atomic mass is 9.95.